The van der Waals surface area contributed by atoms with E-state index < -0.39 is 77.1 Å². The number of quaternary nitrogens is 1. The van der Waals surface area contributed by atoms with Gasteiger partial charge < -0.3 is 55.1 Å². The van der Waals surface area contributed by atoms with Crippen LogP contribution in [0.5, 0.6) is 0 Å². The molecule has 0 heterocycles. The van der Waals surface area contributed by atoms with Gasteiger partial charge in [-0.05, 0) is 19.8 Å². The maximum atomic E-state index is 11.8. The Kier molecular flexibility index (Phi) is 13.6. The second-order valence-electron chi connectivity index (χ2n) is 7.20. The van der Waals surface area contributed by atoms with Crippen molar-refractivity contribution in [2.45, 2.75) is 56.8 Å². The van der Waals surface area contributed by atoms with Crippen molar-refractivity contribution in [3.05, 3.63) is 0 Å². The van der Waals surface area contributed by atoms with E-state index in [1.165, 1.54) is 20.8 Å². The summed E-state index contributed by atoms with van der Waals surface area (Å²) in [6.07, 6.45) is -1.22. The Labute approximate surface area is 189 Å². The van der Waals surface area contributed by atoms with Crippen LogP contribution in [-0.4, -0.2) is 96.1 Å². The molecule has 0 aliphatic heterocycles. The number of aliphatic carboxylic acids is 1. The van der Waals surface area contributed by atoms with Crippen molar-refractivity contribution in [2.75, 3.05) is 13.1 Å². The van der Waals surface area contributed by atoms with Gasteiger partial charge in [-0.25, -0.2) is 0 Å². The summed E-state index contributed by atoms with van der Waals surface area (Å²) in [5.74, 6) is -1.18. The number of carbonyl (C=O) groups is 1. The lowest BCUT2D eigenvalue weighted by Crippen LogP contribution is -2.61. The van der Waals surface area contributed by atoms with Gasteiger partial charge in [0.1, 0.15) is 6.04 Å². The summed E-state index contributed by atoms with van der Waals surface area (Å²) in [6, 6.07) is -1.16. The summed E-state index contributed by atoms with van der Waals surface area (Å²) in [7, 11) is -23.0. The van der Waals surface area contributed by atoms with Gasteiger partial charge in [-0.2, -0.15) is 0 Å². The van der Waals surface area contributed by atoms with Crippen LogP contribution in [0.15, 0.2) is 0 Å². The van der Waals surface area contributed by atoms with Crippen LogP contribution in [-0.2, 0) is 23.1 Å². The van der Waals surface area contributed by atoms with Gasteiger partial charge in [-0.1, -0.05) is 13.8 Å². The lowest BCUT2D eigenvalue weighted by Gasteiger charge is -2.48. The highest BCUT2D eigenvalue weighted by Gasteiger charge is 2.68. The van der Waals surface area contributed by atoms with Crippen LogP contribution in [0, 0.1) is 0 Å². The molecule has 21 heteroatoms. The van der Waals surface area contributed by atoms with Gasteiger partial charge >= 0.3 is 36.4 Å². The van der Waals surface area contributed by atoms with Gasteiger partial charge in [0.2, 0.25) is 0 Å². The molecule has 0 radical (unpaired) electrons. The molecule has 0 rings (SSSR count). The topological polar surface area (TPSA) is 314 Å². The third-order valence-electron chi connectivity index (χ3n) is 4.21. The van der Waals surface area contributed by atoms with Crippen molar-refractivity contribution < 1.29 is 76.9 Å². The molecular formula is C12H33N2O15P4+. The van der Waals surface area contributed by atoms with E-state index in [9.17, 15) is 62.2 Å². The molecule has 2 atom stereocenters. The van der Waals surface area contributed by atoms with E-state index in [-0.39, 0.29) is 12.8 Å². The molecule has 12 N–H and O–H groups in total. The summed E-state index contributed by atoms with van der Waals surface area (Å²) in [6.45, 7) is 2.70. The van der Waals surface area contributed by atoms with E-state index in [2.05, 4.69) is 0 Å². The van der Waals surface area contributed by atoms with E-state index in [0.717, 1.165) is 0 Å². The van der Waals surface area contributed by atoms with Crippen LogP contribution in [0.2, 0.25) is 0 Å². The van der Waals surface area contributed by atoms with Gasteiger partial charge in [0.25, 0.3) is 11.0 Å². The summed E-state index contributed by atoms with van der Waals surface area (Å²) in [5, 5.41) is 16.6. The largest absolute Gasteiger partial charge is 0.480 e. The Morgan fingerprint density at radius 1 is 0.758 bits per heavy atom. The number of aliphatic hydroxyl groups is 1. The van der Waals surface area contributed by atoms with E-state index in [0.29, 0.717) is 0 Å². The first-order valence-electron chi connectivity index (χ1n) is 9.14. The van der Waals surface area contributed by atoms with Gasteiger partial charge in [-0.15, -0.1) is 0 Å². The molecule has 0 aliphatic rings. The SMILES string of the molecule is CCC[N+](CCC)(C(P(=O)(O)O)P(=O)(O)O)C(P(=O)(O)O)P(=O)(O)O.C[C@@H](O)[C@H](N)C(=O)O. The van der Waals surface area contributed by atoms with Gasteiger partial charge in [-0.3, -0.25) is 27.5 Å². The van der Waals surface area contributed by atoms with Crippen molar-refractivity contribution in [3.63, 3.8) is 0 Å². The third-order valence-corrected chi connectivity index (χ3v) is 12.1. The molecule has 0 aromatic carbocycles. The number of hydrogen-bond acceptors (Lipinski definition) is 7. The van der Waals surface area contributed by atoms with Crippen LogP contribution >= 0.6 is 30.4 Å². The van der Waals surface area contributed by atoms with Crippen LogP contribution in [0.25, 0.3) is 0 Å². The Morgan fingerprint density at radius 3 is 1.09 bits per heavy atom. The maximum absolute atomic E-state index is 11.8. The smallest absolute Gasteiger partial charge is 0.395 e. The second kappa shape index (κ2) is 12.8. The lowest BCUT2D eigenvalue weighted by atomic mass is 10.2. The Morgan fingerprint density at radius 2 is 1.00 bits per heavy atom. The minimum atomic E-state index is -5.75. The predicted molar refractivity (Wildman–Crippen MR) is 114 cm³/mol. The van der Waals surface area contributed by atoms with Crippen molar-refractivity contribution in [1.29, 1.82) is 0 Å². The molecule has 0 saturated carbocycles. The summed E-state index contributed by atoms with van der Waals surface area (Å²) in [5.41, 5.74) is -1.14. The first-order valence-corrected chi connectivity index (χ1v) is 15.9. The highest BCUT2D eigenvalue weighted by atomic mass is 31.2. The molecule has 0 spiro atoms. The van der Waals surface area contributed by atoms with E-state index >= 15 is 0 Å². The zero-order valence-electron chi connectivity index (χ0n) is 18.0. The molecule has 0 aliphatic carbocycles. The molecule has 0 aromatic heterocycles. The molecule has 0 fully saturated rings. The first kappa shape index (κ1) is 35.1. The summed E-state index contributed by atoms with van der Waals surface area (Å²) >= 11 is 0. The molecule has 17 nitrogen and oxygen atoms in total. The quantitative estimate of drug-likeness (QED) is 0.0958. The molecule has 0 unspecified atom stereocenters. The number of rotatable bonds is 12. The first-order chi connectivity index (χ1) is 14.4. The monoisotopic (exact) mass is 569 g/mol. The molecule has 0 bridgehead atoms. The van der Waals surface area contributed by atoms with Gasteiger partial charge in [0.15, 0.2) is 0 Å². The fraction of sp³-hybridized carbons (Fsp3) is 0.917. The zero-order valence-corrected chi connectivity index (χ0v) is 21.5. The van der Waals surface area contributed by atoms with E-state index in [1.807, 2.05) is 0 Å². The Hall–Kier alpha value is -0.0500. The van der Waals surface area contributed by atoms with Gasteiger partial charge in [0.05, 0.1) is 19.2 Å². The predicted octanol–water partition coefficient (Wildman–Crippen LogP) is -1.32. The number of aliphatic hydroxyl groups excluding tert-OH is 1. The standard InChI is InChI=1S/C8H23NO12P4.C4H9NO3/c1-3-5-9(6-4-2,7(22(10,11)12)23(13,14)15)8(24(16,17)18)25(19,20)21;1-2(6)3(5)4(7)8/h7-8H,3-6H2,1-2H3,(H7-,10,11,12,13,14,15,16,17,18,19,20,21);2-3,6H,5H2,1H3,(H,7,8)/p+1/t;2-,3+/m.1/s1. The lowest BCUT2D eigenvalue weighted by molar-refractivity contribution is -0.930. The molecule has 200 valence electrons. The minimum absolute atomic E-state index is 0.118. The fourth-order valence-electron chi connectivity index (χ4n) is 3.32. The summed E-state index contributed by atoms with van der Waals surface area (Å²) in [4.78, 5) is 85.7. The van der Waals surface area contributed by atoms with Crippen LogP contribution < -0.4 is 5.73 Å². The Balaban J connectivity index is 0. The number of carboxylic acid groups (broad SMARTS) is 1. The second-order valence-corrected chi connectivity index (χ2v) is 14.7. The van der Waals surface area contributed by atoms with E-state index in [1.54, 1.807) is 0 Å². The maximum Gasteiger partial charge on any atom is 0.395 e. The average Bonchev–Trinajstić information content (AvgIpc) is 2.48. The zero-order chi connectivity index (χ0) is 27.2. The highest BCUT2D eigenvalue weighted by molar-refractivity contribution is 7.72. The third kappa shape index (κ3) is 10.6. The number of nitrogens with two attached hydrogens (primary N) is 1. The van der Waals surface area contributed by atoms with Crippen molar-refractivity contribution in [2.24, 2.45) is 5.73 Å². The van der Waals surface area contributed by atoms with Gasteiger partial charge in [0, 0.05) is 0 Å². The van der Waals surface area contributed by atoms with E-state index in [4.69, 9.17) is 15.9 Å². The highest BCUT2D eigenvalue weighted by Crippen LogP contribution is 2.72. The van der Waals surface area contributed by atoms with Crippen molar-refractivity contribution in [1.82, 2.24) is 0 Å². The number of carboxylic acids is 1. The molecule has 0 saturated heterocycles. The van der Waals surface area contributed by atoms with Crippen LogP contribution in [0.3, 0.4) is 0 Å². The van der Waals surface area contributed by atoms with Crippen LogP contribution in [0.4, 0.5) is 0 Å². The Bertz CT molecular complexity index is 727. The fourth-order valence-corrected chi connectivity index (χ4v) is 10.7. The normalized spacial score (nSPS) is 15.7. The van der Waals surface area contributed by atoms with Crippen LogP contribution in [0.1, 0.15) is 33.6 Å². The van der Waals surface area contributed by atoms with Crippen molar-refractivity contribution >= 4 is 36.4 Å². The number of hydrogen-bond donors (Lipinski definition) is 11. The summed E-state index contributed by atoms with van der Waals surface area (Å²) < 4.78 is 45.5. The molecular weight excluding hydrogens is 536 g/mol. The minimum Gasteiger partial charge on any atom is -0.480 e. The molecule has 33 heavy (non-hydrogen) atoms. The van der Waals surface area contributed by atoms with Crippen molar-refractivity contribution in [3.8, 4) is 0 Å². The molecule has 0 aromatic rings. The average molecular weight is 569 g/mol. The number of nitrogens with zero attached hydrogens (tertiary/aromatic N) is 1. The molecule has 0 amide bonds.